The third-order valence-corrected chi connectivity index (χ3v) is 6.20. The molecule has 2 saturated heterocycles. The van der Waals surface area contributed by atoms with Crippen LogP contribution in [0.2, 0.25) is 0 Å². The predicted molar refractivity (Wildman–Crippen MR) is 121 cm³/mol. The number of anilines is 3. The number of nitrogens with zero attached hydrogens (tertiary/aromatic N) is 6. The van der Waals surface area contributed by atoms with Gasteiger partial charge in [-0.25, -0.2) is 9.97 Å². The second kappa shape index (κ2) is 9.33. The van der Waals surface area contributed by atoms with Gasteiger partial charge in [0.15, 0.2) is 11.6 Å². The highest BCUT2D eigenvalue weighted by Gasteiger charge is 2.26. The van der Waals surface area contributed by atoms with E-state index in [-0.39, 0.29) is 11.8 Å². The van der Waals surface area contributed by atoms with Crippen molar-refractivity contribution in [3.8, 4) is 11.5 Å². The Bertz CT molecular complexity index is 1020. The van der Waals surface area contributed by atoms with Crippen LogP contribution in [0.3, 0.4) is 0 Å². The van der Waals surface area contributed by atoms with Gasteiger partial charge in [0.1, 0.15) is 23.7 Å². The molecular weight excluding hydrogens is 406 g/mol. The smallest absolute Gasteiger partial charge is 0.228 e. The zero-order valence-electron chi connectivity index (χ0n) is 18.0. The van der Waals surface area contributed by atoms with Crippen LogP contribution < -0.4 is 15.1 Å². The van der Waals surface area contributed by atoms with Crippen molar-refractivity contribution >= 4 is 23.4 Å². The summed E-state index contributed by atoms with van der Waals surface area (Å²) in [4.78, 5) is 25.9. The first-order chi connectivity index (χ1) is 15.8. The van der Waals surface area contributed by atoms with Crippen LogP contribution in [0, 0.1) is 5.92 Å². The van der Waals surface area contributed by atoms with Crippen LogP contribution in [0.4, 0.5) is 17.5 Å². The Labute approximate surface area is 186 Å². The van der Waals surface area contributed by atoms with Gasteiger partial charge in [-0.1, -0.05) is 0 Å². The van der Waals surface area contributed by atoms with Crippen molar-refractivity contribution in [2.24, 2.45) is 5.92 Å². The molecule has 0 saturated carbocycles. The molecule has 0 radical (unpaired) electrons. The minimum absolute atomic E-state index is 0.0206. The number of carbonyl (C=O) groups is 1. The lowest BCUT2D eigenvalue weighted by Crippen LogP contribution is -2.38. The van der Waals surface area contributed by atoms with Gasteiger partial charge in [0.25, 0.3) is 0 Å². The number of amides is 1. The molecule has 5 heterocycles. The fraction of sp³-hybridized carbons (Fsp3) is 0.435. The molecule has 1 N–H and O–H groups in total. The molecule has 2 aliphatic heterocycles. The molecule has 32 heavy (non-hydrogen) atoms. The van der Waals surface area contributed by atoms with Gasteiger partial charge in [0.05, 0.1) is 6.26 Å². The summed E-state index contributed by atoms with van der Waals surface area (Å²) in [7, 11) is 0. The fourth-order valence-corrected chi connectivity index (χ4v) is 4.36. The quantitative estimate of drug-likeness (QED) is 0.654. The summed E-state index contributed by atoms with van der Waals surface area (Å²) < 4.78 is 5.36. The van der Waals surface area contributed by atoms with E-state index in [1.807, 2.05) is 30.3 Å². The van der Waals surface area contributed by atoms with Crippen molar-refractivity contribution in [1.82, 2.24) is 20.2 Å². The summed E-state index contributed by atoms with van der Waals surface area (Å²) in [6, 6.07) is 9.44. The van der Waals surface area contributed by atoms with Crippen LogP contribution in [0.1, 0.15) is 32.1 Å². The highest BCUT2D eigenvalue weighted by Crippen LogP contribution is 2.25. The van der Waals surface area contributed by atoms with Crippen molar-refractivity contribution < 1.29 is 9.21 Å². The van der Waals surface area contributed by atoms with Crippen LogP contribution >= 0.6 is 0 Å². The van der Waals surface area contributed by atoms with Gasteiger partial charge in [-0.05, 0) is 56.4 Å². The van der Waals surface area contributed by atoms with E-state index in [1.165, 1.54) is 25.6 Å². The Morgan fingerprint density at radius 2 is 1.75 bits per heavy atom. The van der Waals surface area contributed by atoms with E-state index in [2.05, 4.69) is 35.3 Å². The maximum Gasteiger partial charge on any atom is 0.228 e. The topological polar surface area (TPSA) is 100 Å². The normalized spacial score (nSPS) is 17.4. The molecule has 2 aliphatic rings. The van der Waals surface area contributed by atoms with Gasteiger partial charge < -0.3 is 19.5 Å². The third-order valence-electron chi connectivity index (χ3n) is 6.20. The van der Waals surface area contributed by atoms with Crippen LogP contribution in [0.5, 0.6) is 0 Å². The largest absolute Gasteiger partial charge is 0.463 e. The lowest BCUT2D eigenvalue weighted by molar-refractivity contribution is -0.120. The Kier molecular flexibility index (Phi) is 5.96. The number of hydrogen-bond acceptors (Lipinski definition) is 8. The van der Waals surface area contributed by atoms with E-state index in [4.69, 9.17) is 4.42 Å². The molecular formula is C23H27N7O2. The maximum atomic E-state index is 12.8. The standard InChI is InChI=1S/C23H27N7O2/c31-23(26-20-15-22(25-16-24-20)29-10-2-1-3-11-29)17-8-12-30(13-9-17)21-7-6-18(27-28-21)19-5-4-14-32-19/h4-7,14-17H,1-3,8-13H2,(H,24,25,26,31). The average molecular weight is 434 g/mol. The number of aromatic nitrogens is 4. The molecule has 0 spiro atoms. The SMILES string of the molecule is O=C(Nc1cc(N2CCCCC2)ncn1)C1CCN(c2ccc(-c3ccco3)nn2)CC1. The molecule has 1 amide bonds. The van der Waals surface area contributed by atoms with Crippen LogP contribution in [-0.4, -0.2) is 52.3 Å². The highest BCUT2D eigenvalue weighted by molar-refractivity contribution is 5.92. The molecule has 5 rings (SSSR count). The van der Waals surface area contributed by atoms with Crippen LogP contribution in [0.15, 0.2) is 47.3 Å². The van der Waals surface area contributed by atoms with E-state index < -0.39 is 0 Å². The molecule has 3 aromatic rings. The molecule has 9 nitrogen and oxygen atoms in total. The van der Waals surface area contributed by atoms with E-state index in [1.54, 1.807) is 6.26 Å². The second-order valence-corrected chi connectivity index (χ2v) is 8.31. The number of furan rings is 1. The number of piperidine rings is 2. The Morgan fingerprint density at radius 1 is 0.938 bits per heavy atom. The zero-order valence-corrected chi connectivity index (χ0v) is 18.0. The summed E-state index contributed by atoms with van der Waals surface area (Å²) in [6.07, 6.45) is 8.31. The third kappa shape index (κ3) is 4.56. The summed E-state index contributed by atoms with van der Waals surface area (Å²) in [5.74, 6) is 2.96. The molecule has 2 fully saturated rings. The lowest BCUT2D eigenvalue weighted by atomic mass is 9.96. The molecule has 166 valence electrons. The molecule has 0 unspecified atom stereocenters. The van der Waals surface area contributed by atoms with Gasteiger partial charge in [-0.2, -0.15) is 0 Å². The van der Waals surface area contributed by atoms with E-state index in [9.17, 15) is 4.79 Å². The number of carbonyl (C=O) groups excluding carboxylic acids is 1. The van der Waals surface area contributed by atoms with Crippen LogP contribution in [0.25, 0.3) is 11.5 Å². The van der Waals surface area contributed by atoms with Gasteiger partial charge in [-0.15, -0.1) is 10.2 Å². The van der Waals surface area contributed by atoms with Crippen LogP contribution in [-0.2, 0) is 4.79 Å². The number of rotatable bonds is 5. The minimum atomic E-state index is -0.0463. The summed E-state index contributed by atoms with van der Waals surface area (Å²) in [5.41, 5.74) is 0.710. The molecule has 0 bridgehead atoms. The lowest BCUT2D eigenvalue weighted by Gasteiger charge is -2.31. The zero-order chi connectivity index (χ0) is 21.8. The second-order valence-electron chi connectivity index (χ2n) is 8.31. The van der Waals surface area contributed by atoms with Crippen molar-refractivity contribution in [2.75, 3.05) is 41.3 Å². The Morgan fingerprint density at radius 3 is 2.47 bits per heavy atom. The molecule has 0 aliphatic carbocycles. The Hall–Kier alpha value is -3.49. The van der Waals surface area contributed by atoms with Crippen molar-refractivity contribution in [3.05, 3.63) is 42.9 Å². The van der Waals surface area contributed by atoms with Gasteiger partial charge >= 0.3 is 0 Å². The van der Waals surface area contributed by atoms with E-state index >= 15 is 0 Å². The molecule has 0 aromatic carbocycles. The first-order valence-corrected chi connectivity index (χ1v) is 11.3. The summed E-state index contributed by atoms with van der Waals surface area (Å²) in [5, 5.41) is 11.6. The molecule has 0 atom stereocenters. The first-order valence-electron chi connectivity index (χ1n) is 11.3. The predicted octanol–water partition coefficient (Wildman–Crippen LogP) is 3.37. The molecule has 9 heteroatoms. The minimum Gasteiger partial charge on any atom is -0.463 e. The maximum absolute atomic E-state index is 12.8. The molecule has 3 aromatic heterocycles. The van der Waals surface area contributed by atoms with Gasteiger partial charge in [-0.3, -0.25) is 4.79 Å². The van der Waals surface area contributed by atoms with E-state index in [0.29, 0.717) is 17.3 Å². The van der Waals surface area contributed by atoms with Crippen molar-refractivity contribution in [2.45, 2.75) is 32.1 Å². The summed E-state index contributed by atoms with van der Waals surface area (Å²) >= 11 is 0. The summed E-state index contributed by atoms with van der Waals surface area (Å²) in [6.45, 7) is 3.54. The van der Waals surface area contributed by atoms with Gasteiger partial charge in [0.2, 0.25) is 5.91 Å². The van der Waals surface area contributed by atoms with Crippen molar-refractivity contribution in [3.63, 3.8) is 0 Å². The van der Waals surface area contributed by atoms with Crippen molar-refractivity contribution in [1.29, 1.82) is 0 Å². The van der Waals surface area contributed by atoms with E-state index in [0.717, 1.165) is 50.7 Å². The number of hydrogen-bond donors (Lipinski definition) is 1. The highest BCUT2D eigenvalue weighted by atomic mass is 16.3. The fourth-order valence-electron chi connectivity index (χ4n) is 4.36. The Balaban J connectivity index is 1.15. The average Bonchev–Trinajstić information content (AvgIpc) is 3.40. The first kappa shape index (κ1) is 20.4. The number of nitrogens with one attached hydrogen (secondary N) is 1. The van der Waals surface area contributed by atoms with Gasteiger partial charge in [0, 0.05) is 38.2 Å². The monoisotopic (exact) mass is 433 g/mol.